The van der Waals surface area contributed by atoms with Gasteiger partial charge in [-0.3, -0.25) is 4.79 Å². The Kier molecular flexibility index (Phi) is 3.76. The molecule has 0 radical (unpaired) electrons. The fraction of sp³-hybridized carbons (Fsp3) is 0.417. The summed E-state index contributed by atoms with van der Waals surface area (Å²) in [4.78, 5) is 11.7. The Morgan fingerprint density at radius 1 is 1.31 bits per heavy atom. The minimum absolute atomic E-state index is 0.186. The minimum atomic E-state index is -0.866. The van der Waals surface area contributed by atoms with Crippen molar-refractivity contribution in [3.8, 4) is 0 Å². The Labute approximate surface area is 105 Å². The molecule has 0 aliphatic heterocycles. The van der Waals surface area contributed by atoms with Crippen molar-refractivity contribution in [1.29, 1.82) is 0 Å². The van der Waals surface area contributed by atoms with Gasteiger partial charge in [-0.1, -0.05) is 15.9 Å². The number of rotatable bonds is 2. The van der Waals surface area contributed by atoms with E-state index in [0.29, 0.717) is 0 Å². The van der Waals surface area contributed by atoms with Gasteiger partial charge in [-0.2, -0.15) is 0 Å². The zero-order valence-corrected chi connectivity index (χ0v) is 11.6. The van der Waals surface area contributed by atoms with Gasteiger partial charge in [0, 0.05) is 10.2 Å². The third-order valence-corrected chi connectivity index (χ3v) is 3.53. The van der Waals surface area contributed by atoms with E-state index in [-0.39, 0.29) is 5.91 Å². The molecule has 3 N–H and O–H groups in total. The molecule has 3 nitrogen and oxygen atoms in total. The van der Waals surface area contributed by atoms with Crippen molar-refractivity contribution in [2.24, 2.45) is 5.73 Å². The van der Waals surface area contributed by atoms with Gasteiger partial charge < -0.3 is 11.1 Å². The molecule has 1 amide bonds. The molecule has 88 valence electrons. The molecule has 0 heterocycles. The second kappa shape index (κ2) is 4.55. The Hall–Kier alpha value is -0.870. The van der Waals surface area contributed by atoms with Gasteiger partial charge in [-0.05, 0) is 51.0 Å². The van der Waals surface area contributed by atoms with E-state index < -0.39 is 5.54 Å². The standard InChI is InChI=1S/C12H17BrN2O/c1-7-5-9(6-8(2)10(7)13)15-11(16)12(3,4)14/h5-6H,14H2,1-4H3,(H,15,16). The van der Waals surface area contributed by atoms with E-state index in [1.807, 2.05) is 26.0 Å². The number of nitrogens with one attached hydrogen (secondary N) is 1. The van der Waals surface area contributed by atoms with Crippen LogP contribution in [0.25, 0.3) is 0 Å². The molecule has 16 heavy (non-hydrogen) atoms. The molecule has 0 atom stereocenters. The minimum Gasteiger partial charge on any atom is -0.324 e. The molecule has 0 aliphatic carbocycles. The van der Waals surface area contributed by atoms with Crippen LogP contribution in [0.1, 0.15) is 25.0 Å². The molecule has 0 aromatic heterocycles. The van der Waals surface area contributed by atoms with Crippen molar-refractivity contribution >= 4 is 27.5 Å². The van der Waals surface area contributed by atoms with E-state index in [0.717, 1.165) is 21.3 Å². The van der Waals surface area contributed by atoms with Crippen LogP contribution in [0.2, 0.25) is 0 Å². The first-order chi connectivity index (χ1) is 7.21. The van der Waals surface area contributed by atoms with Crippen molar-refractivity contribution < 1.29 is 4.79 Å². The summed E-state index contributed by atoms with van der Waals surface area (Å²) in [5.74, 6) is -0.186. The van der Waals surface area contributed by atoms with E-state index in [1.165, 1.54) is 0 Å². The average Bonchev–Trinajstić information content (AvgIpc) is 2.12. The van der Waals surface area contributed by atoms with Crippen LogP contribution in [0.5, 0.6) is 0 Å². The number of carbonyl (C=O) groups excluding carboxylic acids is 1. The van der Waals surface area contributed by atoms with Gasteiger partial charge >= 0.3 is 0 Å². The van der Waals surface area contributed by atoms with Gasteiger partial charge in [0.2, 0.25) is 5.91 Å². The van der Waals surface area contributed by atoms with Crippen LogP contribution in [-0.4, -0.2) is 11.4 Å². The maximum Gasteiger partial charge on any atom is 0.243 e. The monoisotopic (exact) mass is 284 g/mol. The number of benzene rings is 1. The van der Waals surface area contributed by atoms with Crippen molar-refractivity contribution in [2.45, 2.75) is 33.2 Å². The Bertz CT molecular complexity index is 399. The molecule has 4 heteroatoms. The van der Waals surface area contributed by atoms with E-state index in [1.54, 1.807) is 13.8 Å². The summed E-state index contributed by atoms with van der Waals surface area (Å²) >= 11 is 3.48. The molecule has 0 spiro atoms. The number of hydrogen-bond donors (Lipinski definition) is 2. The third-order valence-electron chi connectivity index (χ3n) is 2.28. The number of hydrogen-bond acceptors (Lipinski definition) is 2. The quantitative estimate of drug-likeness (QED) is 0.877. The molecule has 1 aromatic rings. The van der Waals surface area contributed by atoms with Crippen LogP contribution in [-0.2, 0) is 4.79 Å². The van der Waals surface area contributed by atoms with Gasteiger partial charge in [0.25, 0.3) is 0 Å². The van der Waals surface area contributed by atoms with E-state index in [2.05, 4.69) is 21.2 Å². The molecule has 1 aromatic carbocycles. The maximum absolute atomic E-state index is 11.7. The number of halogens is 1. The molecule has 0 aliphatic rings. The second-order valence-corrected chi connectivity index (χ2v) is 5.39. The number of carbonyl (C=O) groups is 1. The van der Waals surface area contributed by atoms with Crippen LogP contribution < -0.4 is 11.1 Å². The summed E-state index contributed by atoms with van der Waals surface area (Å²) in [7, 11) is 0. The number of amides is 1. The van der Waals surface area contributed by atoms with Crippen molar-refractivity contribution in [3.05, 3.63) is 27.7 Å². The molecule has 0 fully saturated rings. The zero-order chi connectivity index (χ0) is 12.5. The Morgan fingerprint density at radius 3 is 2.12 bits per heavy atom. The highest BCUT2D eigenvalue weighted by atomic mass is 79.9. The zero-order valence-electron chi connectivity index (χ0n) is 10.0. The van der Waals surface area contributed by atoms with Crippen LogP contribution >= 0.6 is 15.9 Å². The maximum atomic E-state index is 11.7. The molecule has 0 bridgehead atoms. The molecular weight excluding hydrogens is 268 g/mol. The first kappa shape index (κ1) is 13.2. The van der Waals surface area contributed by atoms with Crippen molar-refractivity contribution in [3.63, 3.8) is 0 Å². The average molecular weight is 285 g/mol. The lowest BCUT2D eigenvalue weighted by Crippen LogP contribution is -2.45. The predicted octanol–water partition coefficient (Wildman–Crippen LogP) is 2.74. The van der Waals surface area contributed by atoms with E-state index in [9.17, 15) is 4.79 Å². The summed E-state index contributed by atoms with van der Waals surface area (Å²) in [5, 5.41) is 2.81. The fourth-order valence-electron chi connectivity index (χ4n) is 1.31. The molecule has 1 rings (SSSR count). The summed E-state index contributed by atoms with van der Waals surface area (Å²) in [6.07, 6.45) is 0. The van der Waals surface area contributed by atoms with E-state index >= 15 is 0 Å². The summed E-state index contributed by atoms with van der Waals surface area (Å²) in [5.41, 5.74) is 7.80. The summed E-state index contributed by atoms with van der Waals surface area (Å²) in [6, 6.07) is 3.83. The number of anilines is 1. The topological polar surface area (TPSA) is 55.1 Å². The number of aryl methyl sites for hydroxylation is 2. The van der Waals surface area contributed by atoms with Crippen LogP contribution in [0.3, 0.4) is 0 Å². The van der Waals surface area contributed by atoms with Crippen LogP contribution in [0, 0.1) is 13.8 Å². The first-order valence-electron chi connectivity index (χ1n) is 5.09. The van der Waals surface area contributed by atoms with Gasteiger partial charge in [-0.15, -0.1) is 0 Å². The van der Waals surface area contributed by atoms with Gasteiger partial charge in [-0.25, -0.2) is 0 Å². The fourth-order valence-corrected chi connectivity index (χ4v) is 1.54. The van der Waals surface area contributed by atoms with Gasteiger partial charge in [0.1, 0.15) is 0 Å². The molecule has 0 unspecified atom stereocenters. The summed E-state index contributed by atoms with van der Waals surface area (Å²) in [6.45, 7) is 7.34. The van der Waals surface area contributed by atoms with Crippen molar-refractivity contribution in [2.75, 3.05) is 5.32 Å². The van der Waals surface area contributed by atoms with E-state index in [4.69, 9.17) is 5.73 Å². The summed E-state index contributed by atoms with van der Waals surface area (Å²) < 4.78 is 1.07. The Morgan fingerprint density at radius 2 is 1.75 bits per heavy atom. The molecule has 0 saturated heterocycles. The number of nitrogens with two attached hydrogens (primary N) is 1. The third kappa shape index (κ3) is 3.06. The van der Waals surface area contributed by atoms with Gasteiger partial charge in [0.15, 0.2) is 0 Å². The van der Waals surface area contributed by atoms with Crippen LogP contribution in [0.4, 0.5) is 5.69 Å². The Balaban J connectivity index is 2.96. The second-order valence-electron chi connectivity index (χ2n) is 4.60. The molecular formula is C12H17BrN2O. The van der Waals surface area contributed by atoms with Crippen molar-refractivity contribution in [1.82, 2.24) is 0 Å². The molecule has 0 saturated carbocycles. The smallest absolute Gasteiger partial charge is 0.243 e. The first-order valence-corrected chi connectivity index (χ1v) is 5.88. The highest BCUT2D eigenvalue weighted by Crippen LogP contribution is 2.25. The SMILES string of the molecule is Cc1cc(NC(=O)C(C)(C)N)cc(C)c1Br. The predicted molar refractivity (Wildman–Crippen MR) is 70.5 cm³/mol. The largest absolute Gasteiger partial charge is 0.324 e. The lowest BCUT2D eigenvalue weighted by atomic mass is 10.1. The van der Waals surface area contributed by atoms with Crippen LogP contribution in [0.15, 0.2) is 16.6 Å². The van der Waals surface area contributed by atoms with Gasteiger partial charge in [0.05, 0.1) is 5.54 Å². The normalized spacial score (nSPS) is 11.4. The highest BCUT2D eigenvalue weighted by Gasteiger charge is 2.21. The lowest BCUT2D eigenvalue weighted by molar-refractivity contribution is -0.120. The highest BCUT2D eigenvalue weighted by molar-refractivity contribution is 9.10. The lowest BCUT2D eigenvalue weighted by Gasteiger charge is -2.18.